The van der Waals surface area contributed by atoms with Crippen LogP contribution in [0.4, 0.5) is 0 Å². The number of nitrogens with two attached hydrogens (primary N) is 1. The van der Waals surface area contributed by atoms with E-state index in [9.17, 15) is 9.00 Å². The zero-order chi connectivity index (χ0) is 16.0. The number of H-pyrrole nitrogens is 1. The number of aromatic amines is 1. The van der Waals surface area contributed by atoms with Crippen LogP contribution in [0.1, 0.15) is 41.6 Å². The molecule has 3 atom stereocenters. The van der Waals surface area contributed by atoms with Crippen molar-refractivity contribution in [2.24, 2.45) is 5.73 Å². The second kappa shape index (κ2) is 5.66. The molecule has 1 aliphatic heterocycles. The second-order valence-corrected chi connectivity index (χ2v) is 8.66. The molecule has 0 spiro atoms. The molecule has 3 unspecified atom stereocenters. The van der Waals surface area contributed by atoms with E-state index >= 15 is 0 Å². The van der Waals surface area contributed by atoms with Crippen molar-refractivity contribution in [1.82, 2.24) is 4.98 Å². The summed E-state index contributed by atoms with van der Waals surface area (Å²) in [7, 11) is -0.950. The summed E-state index contributed by atoms with van der Waals surface area (Å²) >= 11 is 3.44. The van der Waals surface area contributed by atoms with E-state index in [1.807, 2.05) is 19.2 Å². The molecule has 2 aromatic rings. The first kappa shape index (κ1) is 15.5. The molecule has 1 aromatic heterocycles. The highest BCUT2D eigenvalue weighted by Gasteiger charge is 2.30. The lowest BCUT2D eigenvalue weighted by atomic mass is 9.90. The maximum atomic E-state index is 12.0. The van der Waals surface area contributed by atoms with Crippen molar-refractivity contribution in [2.75, 3.05) is 0 Å². The van der Waals surface area contributed by atoms with Gasteiger partial charge in [0.2, 0.25) is 0 Å². The van der Waals surface area contributed by atoms with Crippen LogP contribution in [-0.4, -0.2) is 20.3 Å². The number of hydrogen-bond acceptors (Lipinski definition) is 2. The maximum Gasteiger partial charge on any atom is 0.250 e. The predicted molar refractivity (Wildman–Crippen MR) is 93.2 cm³/mol. The average molecular weight is 381 g/mol. The Kier molecular flexibility index (Phi) is 3.99. The number of fused-ring (bicyclic) bond motifs is 1. The van der Waals surface area contributed by atoms with Gasteiger partial charge in [-0.15, -0.1) is 0 Å². The molecule has 6 heteroatoms. The summed E-state index contributed by atoms with van der Waals surface area (Å²) in [5.74, 6) is -0.203. The van der Waals surface area contributed by atoms with Crippen molar-refractivity contribution >= 4 is 43.5 Å². The third-order valence-corrected chi connectivity index (χ3v) is 6.35. The number of amides is 1. The van der Waals surface area contributed by atoms with E-state index in [-0.39, 0.29) is 11.2 Å². The van der Waals surface area contributed by atoms with Crippen LogP contribution in [0.25, 0.3) is 10.9 Å². The minimum absolute atomic E-state index is 0.0963. The number of carbonyl (C=O) groups excluding carboxylic acids is 1. The Morgan fingerprint density at radius 1 is 1.50 bits per heavy atom. The fourth-order valence-electron chi connectivity index (χ4n) is 3.20. The second-order valence-electron chi connectivity index (χ2n) is 5.77. The molecule has 1 fully saturated rings. The van der Waals surface area contributed by atoms with E-state index in [1.54, 1.807) is 6.07 Å². The first-order valence-corrected chi connectivity index (χ1v) is 9.07. The monoisotopic (exact) mass is 380 g/mol. The Hall–Kier alpha value is -1.40. The summed E-state index contributed by atoms with van der Waals surface area (Å²) in [6.45, 7) is 5.95. The third-order valence-electron chi connectivity index (χ3n) is 4.23. The number of primary amides is 1. The van der Waals surface area contributed by atoms with Gasteiger partial charge in [-0.2, -0.15) is 0 Å². The number of aromatic nitrogens is 1. The van der Waals surface area contributed by atoms with Gasteiger partial charge in [0.05, 0.1) is 21.9 Å². The number of rotatable bonds is 2. The standard InChI is InChI=1S/C16H17BrN2O2S/c1-8-3-10(4-9(2)22(8)21)14-7-19-15-12(14)5-11(17)6-13(15)16(18)20/h5-7,9-10,19H,1,3-4H2,2H3,(H2,18,20). The van der Waals surface area contributed by atoms with Crippen LogP contribution in [0.5, 0.6) is 0 Å². The average Bonchev–Trinajstić information content (AvgIpc) is 2.86. The fraction of sp³-hybridized carbons (Fsp3) is 0.312. The molecule has 4 nitrogen and oxygen atoms in total. The lowest BCUT2D eigenvalue weighted by molar-refractivity contribution is 0.100. The van der Waals surface area contributed by atoms with Crippen LogP contribution in [0.3, 0.4) is 0 Å². The van der Waals surface area contributed by atoms with Crippen molar-refractivity contribution in [3.63, 3.8) is 0 Å². The number of halogens is 1. The van der Waals surface area contributed by atoms with Gasteiger partial charge in [-0.25, -0.2) is 0 Å². The van der Waals surface area contributed by atoms with Gasteiger partial charge in [0.1, 0.15) is 0 Å². The van der Waals surface area contributed by atoms with Crippen molar-refractivity contribution < 1.29 is 9.00 Å². The van der Waals surface area contributed by atoms with E-state index in [4.69, 9.17) is 5.73 Å². The highest BCUT2D eigenvalue weighted by atomic mass is 79.9. The van der Waals surface area contributed by atoms with E-state index in [0.717, 1.165) is 32.3 Å². The summed E-state index contributed by atoms with van der Waals surface area (Å²) in [4.78, 5) is 15.6. The summed E-state index contributed by atoms with van der Waals surface area (Å²) in [6, 6.07) is 3.72. The number of benzene rings is 1. The Balaban J connectivity index is 2.11. The van der Waals surface area contributed by atoms with Crippen molar-refractivity contribution in [2.45, 2.75) is 30.9 Å². The predicted octanol–water partition coefficient (Wildman–Crippen LogP) is 3.56. The molecule has 0 saturated carbocycles. The molecule has 3 rings (SSSR count). The molecular weight excluding hydrogens is 364 g/mol. The maximum absolute atomic E-state index is 12.0. The molecular formula is C16H17BrN2O2S. The van der Waals surface area contributed by atoms with Gasteiger partial charge in [0, 0.05) is 26.2 Å². The van der Waals surface area contributed by atoms with Crippen LogP contribution in [0.2, 0.25) is 0 Å². The van der Waals surface area contributed by atoms with Crippen LogP contribution < -0.4 is 5.73 Å². The van der Waals surface area contributed by atoms with E-state index in [0.29, 0.717) is 12.0 Å². The molecule has 0 aliphatic carbocycles. The molecule has 1 aromatic carbocycles. The van der Waals surface area contributed by atoms with Gasteiger partial charge in [-0.3, -0.25) is 9.00 Å². The summed E-state index contributed by atoms with van der Waals surface area (Å²) in [5, 5.41) is 1.08. The van der Waals surface area contributed by atoms with Crippen LogP contribution in [0.15, 0.2) is 34.3 Å². The number of allylic oxidation sites excluding steroid dienone is 1. The molecule has 2 heterocycles. The van der Waals surface area contributed by atoms with Crippen LogP contribution >= 0.6 is 15.9 Å². The molecule has 0 radical (unpaired) electrons. The number of hydrogen-bond donors (Lipinski definition) is 2. The minimum atomic E-state index is -0.950. The molecule has 1 amide bonds. The number of nitrogens with one attached hydrogen (secondary N) is 1. The van der Waals surface area contributed by atoms with Gasteiger partial charge in [-0.05, 0) is 36.5 Å². The first-order chi connectivity index (χ1) is 10.4. The van der Waals surface area contributed by atoms with Crippen molar-refractivity contribution in [3.8, 4) is 0 Å². The third kappa shape index (κ3) is 2.54. The summed E-state index contributed by atoms with van der Waals surface area (Å²) in [6.07, 6.45) is 3.49. The van der Waals surface area contributed by atoms with Crippen LogP contribution in [0, 0.1) is 0 Å². The molecule has 22 heavy (non-hydrogen) atoms. The first-order valence-electron chi connectivity index (χ1n) is 7.07. The lowest BCUT2D eigenvalue weighted by Crippen LogP contribution is -2.23. The molecule has 3 N–H and O–H groups in total. The zero-order valence-electron chi connectivity index (χ0n) is 12.2. The largest absolute Gasteiger partial charge is 0.366 e. The Morgan fingerprint density at radius 2 is 2.23 bits per heavy atom. The minimum Gasteiger partial charge on any atom is -0.366 e. The van der Waals surface area contributed by atoms with E-state index < -0.39 is 16.7 Å². The summed E-state index contributed by atoms with van der Waals surface area (Å²) < 4.78 is 12.9. The highest BCUT2D eigenvalue weighted by molar-refractivity contribution is 9.10. The fourth-order valence-corrected chi connectivity index (χ4v) is 5.00. The zero-order valence-corrected chi connectivity index (χ0v) is 14.6. The Labute approximate surface area is 139 Å². The Bertz CT molecular complexity index is 812. The van der Waals surface area contributed by atoms with Crippen molar-refractivity contribution in [1.29, 1.82) is 0 Å². The smallest absolute Gasteiger partial charge is 0.250 e. The topological polar surface area (TPSA) is 76.0 Å². The normalized spacial score (nSPS) is 25.5. The van der Waals surface area contributed by atoms with Gasteiger partial charge in [0.25, 0.3) is 5.91 Å². The van der Waals surface area contributed by atoms with E-state index in [2.05, 4.69) is 27.5 Å². The highest BCUT2D eigenvalue weighted by Crippen LogP contribution is 2.40. The van der Waals surface area contributed by atoms with Crippen LogP contribution in [-0.2, 0) is 10.8 Å². The molecule has 116 valence electrons. The molecule has 1 saturated heterocycles. The quantitative estimate of drug-likeness (QED) is 0.835. The lowest BCUT2D eigenvalue weighted by Gasteiger charge is -2.27. The molecule has 0 bridgehead atoms. The van der Waals surface area contributed by atoms with Crippen molar-refractivity contribution in [3.05, 3.63) is 45.4 Å². The van der Waals surface area contributed by atoms with Gasteiger partial charge in [-0.1, -0.05) is 29.4 Å². The number of carbonyl (C=O) groups is 1. The van der Waals surface area contributed by atoms with Gasteiger partial charge >= 0.3 is 0 Å². The summed E-state index contributed by atoms with van der Waals surface area (Å²) in [5.41, 5.74) is 7.83. The molecule has 1 aliphatic rings. The Morgan fingerprint density at radius 3 is 2.86 bits per heavy atom. The van der Waals surface area contributed by atoms with E-state index in [1.165, 1.54) is 0 Å². The van der Waals surface area contributed by atoms with Gasteiger partial charge < -0.3 is 10.7 Å². The SMILES string of the molecule is C=C1CC(c2c[nH]c3c(C(N)=O)cc(Br)cc23)CC(C)S1=O. The van der Waals surface area contributed by atoms with Gasteiger partial charge in [0.15, 0.2) is 0 Å².